The van der Waals surface area contributed by atoms with E-state index < -0.39 is 0 Å². The van der Waals surface area contributed by atoms with Crippen molar-refractivity contribution in [2.75, 3.05) is 0 Å². The molecule has 0 bridgehead atoms. The predicted octanol–water partition coefficient (Wildman–Crippen LogP) is 1.51. The lowest BCUT2D eigenvalue weighted by Crippen LogP contribution is -2.35. The van der Waals surface area contributed by atoms with Gasteiger partial charge in [-0.15, -0.1) is 0 Å². The second-order valence-electron chi connectivity index (χ2n) is 3.83. The highest BCUT2D eigenvalue weighted by atomic mass is 16.2. The molecule has 0 aromatic heterocycles. The molecule has 1 saturated heterocycles. The largest absolute Gasteiger partial charge is 0.274 e. The molecule has 0 aliphatic carbocycles. The summed E-state index contributed by atoms with van der Waals surface area (Å²) in [5, 5.41) is 0. The molecule has 0 saturated carbocycles. The number of rotatable bonds is 1. The second kappa shape index (κ2) is 4.83. The van der Waals surface area contributed by atoms with Crippen LogP contribution in [0.3, 0.4) is 0 Å². The second-order valence-corrected chi connectivity index (χ2v) is 3.83. The van der Waals surface area contributed by atoms with Crippen LogP contribution in [0.5, 0.6) is 0 Å². The van der Waals surface area contributed by atoms with Crippen LogP contribution >= 0.6 is 0 Å². The minimum atomic E-state index is -0.255. The molecule has 1 aliphatic heterocycles. The number of amides is 2. The zero-order valence-corrected chi connectivity index (χ0v) is 9.78. The molecule has 0 unspecified atom stereocenters. The first kappa shape index (κ1) is 12.3. The van der Waals surface area contributed by atoms with Gasteiger partial charge in [0.1, 0.15) is 0 Å². The van der Waals surface area contributed by atoms with Crippen LogP contribution < -0.4 is 0 Å². The topological polar surface area (TPSA) is 62.1 Å². The summed E-state index contributed by atoms with van der Waals surface area (Å²) < 4.78 is 0. The molecule has 0 atom stereocenters. The number of hydrogen-bond donors (Lipinski definition) is 0. The summed E-state index contributed by atoms with van der Waals surface area (Å²) in [4.78, 5) is 32.2. The molecule has 5 heteroatoms. The Morgan fingerprint density at radius 3 is 2.00 bits per heavy atom. The van der Waals surface area contributed by atoms with E-state index in [-0.39, 0.29) is 30.6 Å². The van der Waals surface area contributed by atoms with E-state index in [9.17, 15) is 9.59 Å². The molecule has 1 aliphatic rings. The van der Waals surface area contributed by atoms with Gasteiger partial charge in [-0.2, -0.15) is 0 Å². The molecule has 1 rings (SSSR count). The molecule has 1 heterocycles. The number of allylic oxidation sites excluding steroid dienone is 1. The van der Waals surface area contributed by atoms with E-state index in [1.54, 1.807) is 20.8 Å². The van der Waals surface area contributed by atoms with Gasteiger partial charge in [-0.05, 0) is 20.8 Å². The SMILES string of the molecule is C=C(C)N=C(N=C(C)C)N1C(=O)CCC1=O. The number of imide groups is 1. The average molecular weight is 221 g/mol. The zero-order chi connectivity index (χ0) is 12.3. The van der Waals surface area contributed by atoms with Crippen molar-refractivity contribution in [1.82, 2.24) is 4.90 Å². The Morgan fingerprint density at radius 1 is 1.12 bits per heavy atom. The normalized spacial score (nSPS) is 16.7. The minimum absolute atomic E-state index is 0.125. The first-order valence-electron chi connectivity index (χ1n) is 5.03. The fraction of sp³-hybridized carbons (Fsp3) is 0.455. The number of likely N-dealkylation sites (tertiary alicyclic amines) is 1. The zero-order valence-electron chi connectivity index (χ0n) is 9.78. The highest BCUT2D eigenvalue weighted by Crippen LogP contribution is 2.14. The maximum atomic E-state index is 11.5. The predicted molar refractivity (Wildman–Crippen MR) is 62.1 cm³/mol. The van der Waals surface area contributed by atoms with Gasteiger partial charge in [-0.25, -0.2) is 14.9 Å². The van der Waals surface area contributed by atoms with Crippen LogP contribution in [-0.2, 0) is 9.59 Å². The van der Waals surface area contributed by atoms with Gasteiger partial charge >= 0.3 is 0 Å². The molecule has 0 radical (unpaired) electrons. The first-order chi connectivity index (χ1) is 7.41. The molecule has 0 N–H and O–H groups in total. The molecule has 86 valence electrons. The number of carbonyl (C=O) groups excluding carboxylic acids is 2. The molecular weight excluding hydrogens is 206 g/mol. The van der Waals surface area contributed by atoms with Gasteiger partial charge in [0.15, 0.2) is 0 Å². The van der Waals surface area contributed by atoms with Crippen LogP contribution in [0.15, 0.2) is 22.3 Å². The number of guanidine groups is 1. The lowest BCUT2D eigenvalue weighted by Gasteiger charge is -2.12. The summed E-state index contributed by atoms with van der Waals surface area (Å²) in [7, 11) is 0. The van der Waals surface area contributed by atoms with Crippen LogP contribution in [0.1, 0.15) is 33.6 Å². The third-order valence-electron chi connectivity index (χ3n) is 1.87. The Morgan fingerprint density at radius 2 is 1.62 bits per heavy atom. The van der Waals surface area contributed by atoms with Crippen molar-refractivity contribution < 1.29 is 9.59 Å². The van der Waals surface area contributed by atoms with Crippen LogP contribution in [0, 0.1) is 0 Å². The van der Waals surface area contributed by atoms with Crippen molar-refractivity contribution in [3.05, 3.63) is 12.3 Å². The fourth-order valence-electron chi connectivity index (χ4n) is 1.30. The van der Waals surface area contributed by atoms with Crippen molar-refractivity contribution in [3.8, 4) is 0 Å². The van der Waals surface area contributed by atoms with Gasteiger partial charge in [-0.3, -0.25) is 9.59 Å². The molecule has 5 nitrogen and oxygen atoms in total. The van der Waals surface area contributed by atoms with E-state index in [1.807, 2.05) is 0 Å². The molecule has 2 amide bonds. The third-order valence-corrected chi connectivity index (χ3v) is 1.87. The Balaban J connectivity index is 3.11. The summed E-state index contributed by atoms with van der Waals surface area (Å²) in [5.74, 6) is -0.384. The Bertz CT molecular complexity index is 387. The average Bonchev–Trinajstić information content (AvgIpc) is 2.43. The van der Waals surface area contributed by atoms with E-state index in [0.717, 1.165) is 10.6 Å². The van der Waals surface area contributed by atoms with Gasteiger partial charge in [-0.1, -0.05) is 6.58 Å². The van der Waals surface area contributed by atoms with E-state index in [2.05, 4.69) is 16.6 Å². The fourth-order valence-corrected chi connectivity index (χ4v) is 1.30. The lowest BCUT2D eigenvalue weighted by molar-refractivity contribution is -0.133. The van der Waals surface area contributed by atoms with E-state index >= 15 is 0 Å². The van der Waals surface area contributed by atoms with E-state index in [4.69, 9.17) is 0 Å². The van der Waals surface area contributed by atoms with Crippen molar-refractivity contribution in [3.63, 3.8) is 0 Å². The lowest BCUT2D eigenvalue weighted by atomic mass is 10.4. The number of aliphatic imine (C=N–C) groups is 2. The van der Waals surface area contributed by atoms with Gasteiger partial charge < -0.3 is 0 Å². The quantitative estimate of drug-likeness (QED) is 0.382. The summed E-state index contributed by atoms with van der Waals surface area (Å²) in [5.41, 5.74) is 1.24. The maximum Gasteiger partial charge on any atom is 0.239 e. The van der Waals surface area contributed by atoms with Crippen molar-refractivity contribution in [1.29, 1.82) is 0 Å². The molecule has 0 aromatic carbocycles. The van der Waals surface area contributed by atoms with E-state index in [0.29, 0.717) is 5.70 Å². The van der Waals surface area contributed by atoms with Crippen LogP contribution in [0.2, 0.25) is 0 Å². The van der Waals surface area contributed by atoms with Crippen molar-refractivity contribution >= 4 is 23.5 Å². The number of nitrogens with zero attached hydrogens (tertiary/aromatic N) is 3. The number of carbonyl (C=O) groups is 2. The minimum Gasteiger partial charge on any atom is -0.274 e. The highest BCUT2D eigenvalue weighted by Gasteiger charge is 2.32. The Hall–Kier alpha value is -1.78. The smallest absolute Gasteiger partial charge is 0.239 e. The van der Waals surface area contributed by atoms with Crippen LogP contribution in [-0.4, -0.2) is 28.4 Å². The molecule has 0 spiro atoms. The van der Waals surface area contributed by atoms with Gasteiger partial charge in [0.05, 0.1) is 0 Å². The highest BCUT2D eigenvalue weighted by molar-refractivity contribution is 6.17. The summed E-state index contributed by atoms with van der Waals surface area (Å²) in [6.45, 7) is 8.86. The number of hydrogen-bond acceptors (Lipinski definition) is 3. The van der Waals surface area contributed by atoms with Crippen LogP contribution in [0.25, 0.3) is 0 Å². The molecule has 0 aromatic rings. The summed E-state index contributed by atoms with van der Waals surface area (Å²) in [6.07, 6.45) is 0.457. The third kappa shape index (κ3) is 2.85. The standard InChI is InChI=1S/C11H15N3O2/c1-7(2)12-11(13-8(3)4)14-9(15)5-6-10(14)16/h1,5-6H2,2-4H3. The Labute approximate surface area is 94.6 Å². The first-order valence-corrected chi connectivity index (χ1v) is 5.03. The summed E-state index contributed by atoms with van der Waals surface area (Å²) in [6, 6.07) is 0. The van der Waals surface area contributed by atoms with E-state index in [1.165, 1.54) is 0 Å². The molecular formula is C11H15N3O2. The van der Waals surface area contributed by atoms with Gasteiger partial charge in [0.2, 0.25) is 17.8 Å². The maximum absolute atomic E-state index is 11.5. The monoisotopic (exact) mass is 221 g/mol. The van der Waals surface area contributed by atoms with Crippen LogP contribution in [0.4, 0.5) is 0 Å². The van der Waals surface area contributed by atoms with Gasteiger partial charge in [0.25, 0.3) is 0 Å². The Kier molecular flexibility index (Phi) is 3.71. The molecule has 16 heavy (non-hydrogen) atoms. The van der Waals surface area contributed by atoms with Crippen molar-refractivity contribution in [2.45, 2.75) is 33.6 Å². The van der Waals surface area contributed by atoms with Crippen molar-refractivity contribution in [2.24, 2.45) is 9.98 Å². The summed E-state index contributed by atoms with van der Waals surface area (Å²) >= 11 is 0. The van der Waals surface area contributed by atoms with Gasteiger partial charge in [0, 0.05) is 24.3 Å². The molecule has 1 fully saturated rings.